The van der Waals surface area contributed by atoms with Crippen LogP contribution < -0.4 is 5.73 Å². The summed E-state index contributed by atoms with van der Waals surface area (Å²) in [6.45, 7) is 0. The number of methoxy groups -OCH3 is 1. The summed E-state index contributed by atoms with van der Waals surface area (Å²) in [5.41, 5.74) is 5.54. The number of carbonyl (C=O) groups is 1. The number of hydrogen-bond acceptors (Lipinski definition) is 9. The molecule has 1 amide bonds. The highest BCUT2D eigenvalue weighted by molar-refractivity contribution is 7.98. The highest BCUT2D eigenvalue weighted by Crippen LogP contribution is 2.19. The number of aryl methyl sites for hydroxylation is 1. The SMILES string of the molecule is COC(=O)N1C(N)=N/C(=N/c2nc(SC)n(C)n2)N(C)S1(=O)=O. The first-order valence-corrected chi connectivity index (χ1v) is 8.59. The van der Waals surface area contributed by atoms with E-state index in [2.05, 4.69) is 24.8 Å². The summed E-state index contributed by atoms with van der Waals surface area (Å²) in [6, 6.07) is 0. The van der Waals surface area contributed by atoms with E-state index in [1.807, 2.05) is 6.26 Å². The Labute approximate surface area is 136 Å². The highest BCUT2D eigenvalue weighted by atomic mass is 32.2. The van der Waals surface area contributed by atoms with Crippen LogP contribution in [0.1, 0.15) is 0 Å². The van der Waals surface area contributed by atoms with Crippen molar-refractivity contribution in [2.45, 2.75) is 5.16 Å². The van der Waals surface area contributed by atoms with Crippen LogP contribution in [0.2, 0.25) is 0 Å². The molecule has 14 heteroatoms. The molecule has 1 aromatic heterocycles. The Morgan fingerprint density at radius 3 is 2.57 bits per heavy atom. The van der Waals surface area contributed by atoms with Gasteiger partial charge in [0, 0.05) is 14.1 Å². The molecule has 0 aliphatic carbocycles. The molecule has 0 saturated carbocycles. The largest absolute Gasteiger partial charge is 0.452 e. The third kappa shape index (κ3) is 2.94. The van der Waals surface area contributed by atoms with Crippen molar-refractivity contribution in [2.75, 3.05) is 20.4 Å². The van der Waals surface area contributed by atoms with Gasteiger partial charge in [-0.2, -0.15) is 23.4 Å². The van der Waals surface area contributed by atoms with Crippen molar-refractivity contribution in [3.05, 3.63) is 0 Å². The molecule has 1 aromatic rings. The third-order valence-electron chi connectivity index (χ3n) is 2.72. The van der Waals surface area contributed by atoms with E-state index in [0.29, 0.717) is 9.46 Å². The average Bonchev–Trinajstić information content (AvgIpc) is 2.83. The Bertz CT molecular complexity index is 798. The lowest BCUT2D eigenvalue weighted by Crippen LogP contribution is -2.56. The van der Waals surface area contributed by atoms with E-state index in [-0.39, 0.29) is 16.2 Å². The molecule has 0 spiro atoms. The quantitative estimate of drug-likeness (QED) is 0.665. The predicted molar refractivity (Wildman–Crippen MR) is 82.4 cm³/mol. The lowest BCUT2D eigenvalue weighted by Gasteiger charge is -2.29. The molecule has 1 aliphatic rings. The number of thioether (sulfide) groups is 1. The Morgan fingerprint density at radius 2 is 2.04 bits per heavy atom. The molecule has 2 rings (SSSR count). The van der Waals surface area contributed by atoms with E-state index in [1.165, 1.54) is 23.5 Å². The number of hydrogen-bond donors (Lipinski definition) is 1. The van der Waals surface area contributed by atoms with E-state index in [4.69, 9.17) is 5.73 Å². The van der Waals surface area contributed by atoms with Crippen LogP contribution in [-0.2, 0) is 22.0 Å². The van der Waals surface area contributed by atoms with Gasteiger partial charge in [-0.25, -0.2) is 13.8 Å². The summed E-state index contributed by atoms with van der Waals surface area (Å²) in [5, 5.41) is 4.60. The lowest BCUT2D eigenvalue weighted by atomic mass is 10.8. The fourth-order valence-corrected chi connectivity index (χ4v) is 3.15. The van der Waals surface area contributed by atoms with Crippen molar-refractivity contribution in [1.29, 1.82) is 0 Å². The summed E-state index contributed by atoms with van der Waals surface area (Å²) in [7, 11) is -0.446. The van der Waals surface area contributed by atoms with Crippen LogP contribution in [0, 0.1) is 0 Å². The standard InChI is InChI=1S/C9H14N8O4S2/c1-15-8(22-4)13-6(14-15)12-7-11-5(10)17(9(18)21-3)23(19,20)16(7)2/h1-4H3,(H2,10,11,12,14). The van der Waals surface area contributed by atoms with Crippen molar-refractivity contribution in [1.82, 2.24) is 23.4 Å². The maximum absolute atomic E-state index is 12.3. The minimum atomic E-state index is -4.30. The maximum Gasteiger partial charge on any atom is 0.432 e. The van der Waals surface area contributed by atoms with Crippen LogP contribution in [-0.4, -0.2) is 70.2 Å². The van der Waals surface area contributed by atoms with Gasteiger partial charge in [0.2, 0.25) is 11.9 Å². The second-order valence-corrected chi connectivity index (χ2v) is 6.70. The van der Waals surface area contributed by atoms with Gasteiger partial charge in [0.15, 0.2) is 5.16 Å². The summed E-state index contributed by atoms with van der Waals surface area (Å²) < 4.78 is 31.4. The molecular formula is C9H14N8O4S2. The number of nitrogens with two attached hydrogens (primary N) is 1. The first-order valence-electron chi connectivity index (χ1n) is 5.97. The molecule has 126 valence electrons. The zero-order valence-corrected chi connectivity index (χ0v) is 14.3. The lowest BCUT2D eigenvalue weighted by molar-refractivity contribution is 0.160. The molecule has 0 saturated heterocycles. The average molecular weight is 362 g/mol. The van der Waals surface area contributed by atoms with Crippen LogP contribution in [0.5, 0.6) is 0 Å². The predicted octanol–water partition coefficient (Wildman–Crippen LogP) is -0.902. The Morgan fingerprint density at radius 1 is 1.39 bits per heavy atom. The Hall–Kier alpha value is -2.35. The minimum Gasteiger partial charge on any atom is -0.452 e. The summed E-state index contributed by atoms with van der Waals surface area (Å²) in [6.07, 6.45) is 0.625. The fraction of sp³-hybridized carbons (Fsp3) is 0.444. The number of aromatic nitrogens is 3. The van der Waals surface area contributed by atoms with Crippen molar-refractivity contribution < 1.29 is 17.9 Å². The zero-order chi connectivity index (χ0) is 17.4. The summed E-state index contributed by atoms with van der Waals surface area (Å²) >= 11 is 1.35. The molecule has 2 N–H and O–H groups in total. The van der Waals surface area contributed by atoms with Crippen molar-refractivity contribution in [3.8, 4) is 0 Å². The number of guanidine groups is 2. The number of amides is 1. The van der Waals surface area contributed by atoms with E-state index in [1.54, 1.807) is 7.05 Å². The normalized spacial score (nSPS) is 19.0. The van der Waals surface area contributed by atoms with Crippen LogP contribution in [0.15, 0.2) is 15.1 Å². The molecule has 0 fully saturated rings. The van der Waals surface area contributed by atoms with Crippen molar-refractivity contribution in [2.24, 2.45) is 22.8 Å². The molecule has 0 radical (unpaired) electrons. The second kappa shape index (κ2) is 6.04. The van der Waals surface area contributed by atoms with Crippen LogP contribution in [0.4, 0.5) is 10.7 Å². The number of aliphatic imine (C=N–C) groups is 2. The monoisotopic (exact) mass is 362 g/mol. The van der Waals surface area contributed by atoms with Gasteiger partial charge in [0.1, 0.15) is 0 Å². The second-order valence-electron chi connectivity index (χ2n) is 4.11. The van der Waals surface area contributed by atoms with Crippen LogP contribution in [0.3, 0.4) is 0 Å². The first-order chi connectivity index (χ1) is 10.7. The number of nitrogens with zero attached hydrogens (tertiary/aromatic N) is 7. The Kier molecular flexibility index (Phi) is 4.46. The fourth-order valence-electron chi connectivity index (χ4n) is 1.60. The minimum absolute atomic E-state index is 0.0111. The van der Waals surface area contributed by atoms with E-state index >= 15 is 0 Å². The van der Waals surface area contributed by atoms with Gasteiger partial charge < -0.3 is 10.5 Å². The topological polar surface area (TPSA) is 148 Å². The first kappa shape index (κ1) is 17.0. The van der Waals surface area contributed by atoms with E-state index in [9.17, 15) is 13.2 Å². The van der Waals surface area contributed by atoms with E-state index in [0.717, 1.165) is 7.11 Å². The van der Waals surface area contributed by atoms with Crippen molar-refractivity contribution >= 4 is 45.9 Å². The molecule has 2 heterocycles. The highest BCUT2D eigenvalue weighted by Gasteiger charge is 2.41. The molecule has 0 unspecified atom stereocenters. The molecule has 0 atom stereocenters. The number of carbonyl (C=O) groups excluding carboxylic acids is 1. The number of ether oxygens (including phenoxy) is 1. The van der Waals surface area contributed by atoms with Gasteiger partial charge in [-0.3, -0.25) is 0 Å². The maximum atomic E-state index is 12.3. The van der Waals surface area contributed by atoms with E-state index < -0.39 is 22.3 Å². The van der Waals surface area contributed by atoms with Gasteiger partial charge in [-0.1, -0.05) is 11.8 Å². The molecule has 0 aromatic carbocycles. The number of rotatable bonds is 2. The molecular weight excluding hydrogens is 348 g/mol. The zero-order valence-electron chi connectivity index (χ0n) is 12.7. The molecule has 12 nitrogen and oxygen atoms in total. The van der Waals surface area contributed by atoms with Gasteiger partial charge in [0.25, 0.3) is 5.95 Å². The van der Waals surface area contributed by atoms with Crippen LogP contribution >= 0.6 is 11.8 Å². The molecule has 1 aliphatic heterocycles. The molecule has 23 heavy (non-hydrogen) atoms. The summed E-state index contributed by atoms with van der Waals surface area (Å²) in [5.74, 6) is -0.854. The van der Waals surface area contributed by atoms with Gasteiger partial charge >= 0.3 is 16.3 Å². The summed E-state index contributed by atoms with van der Waals surface area (Å²) in [4.78, 5) is 23.4. The van der Waals surface area contributed by atoms with Gasteiger partial charge in [-0.05, 0) is 6.26 Å². The third-order valence-corrected chi connectivity index (χ3v) is 5.09. The smallest absolute Gasteiger partial charge is 0.432 e. The molecule has 0 bridgehead atoms. The van der Waals surface area contributed by atoms with Crippen LogP contribution in [0.25, 0.3) is 0 Å². The van der Waals surface area contributed by atoms with Gasteiger partial charge in [0.05, 0.1) is 7.11 Å². The van der Waals surface area contributed by atoms with Gasteiger partial charge in [-0.15, -0.1) is 9.40 Å². The Balaban J connectivity index is 2.50. The van der Waals surface area contributed by atoms with Crippen molar-refractivity contribution in [3.63, 3.8) is 0 Å².